The van der Waals surface area contributed by atoms with Crippen LogP contribution in [0.1, 0.15) is 107 Å². The Kier molecular flexibility index (Phi) is 4.52. The van der Waals surface area contributed by atoms with E-state index in [-0.39, 0.29) is 34.7 Å². The fourth-order valence-corrected chi connectivity index (χ4v) is 12.1. The number of hydrogen-bond acceptors (Lipinski definition) is 3. The van der Waals surface area contributed by atoms with Gasteiger partial charge in [-0.15, -0.1) is 0 Å². The topological polar surface area (TPSA) is 53.0 Å². The first kappa shape index (κ1) is 23.3. The zero-order valence-electron chi connectivity index (χ0n) is 22.6. The molecule has 0 aromatic rings. The molecule has 0 bridgehead atoms. The molecular weight excluding hydrogens is 408 g/mol. The Morgan fingerprint density at radius 2 is 1.39 bits per heavy atom. The molecule has 0 radical (unpaired) electrons. The maximum Gasteiger partial charge on any atom is 0.114 e. The summed E-state index contributed by atoms with van der Waals surface area (Å²) in [5, 5.41) is 22.4. The number of aliphatic hydroxyl groups excluding tert-OH is 2. The van der Waals surface area contributed by atoms with Crippen LogP contribution in [0.2, 0.25) is 0 Å². The van der Waals surface area contributed by atoms with Crippen molar-refractivity contribution < 1.29 is 14.9 Å². The Balaban J connectivity index is 1.40. The fraction of sp³-hybridized carbons (Fsp3) is 1.00. The molecule has 5 saturated carbocycles. The predicted molar refractivity (Wildman–Crippen MR) is 132 cm³/mol. The molecule has 1 heterocycles. The van der Waals surface area contributed by atoms with Crippen LogP contribution in [-0.2, 0) is 4.74 Å². The van der Waals surface area contributed by atoms with Crippen molar-refractivity contribution in [3.05, 3.63) is 0 Å². The lowest BCUT2D eigenvalue weighted by molar-refractivity contribution is -0.262. The van der Waals surface area contributed by atoms with Gasteiger partial charge in [0.25, 0.3) is 0 Å². The van der Waals surface area contributed by atoms with Gasteiger partial charge < -0.3 is 14.9 Å². The predicted octanol–water partition coefficient (Wildman–Crippen LogP) is 6.21. The van der Waals surface area contributed by atoms with E-state index in [4.69, 9.17) is 4.74 Å². The van der Waals surface area contributed by atoms with Crippen molar-refractivity contribution in [3.8, 4) is 0 Å². The first-order valence-electron chi connectivity index (χ1n) is 14.2. The number of ether oxygens (including phenoxy) is 1. The van der Waals surface area contributed by atoms with Crippen molar-refractivity contribution >= 4 is 0 Å². The van der Waals surface area contributed by atoms with Gasteiger partial charge in [-0.05, 0) is 115 Å². The van der Waals surface area contributed by atoms with Crippen LogP contribution in [0, 0.1) is 56.7 Å². The van der Waals surface area contributed by atoms with Crippen molar-refractivity contribution in [2.75, 3.05) is 0 Å². The van der Waals surface area contributed by atoms with Gasteiger partial charge in [-0.25, -0.2) is 0 Å². The van der Waals surface area contributed by atoms with Crippen LogP contribution in [0.5, 0.6) is 0 Å². The molecular formula is C30H50O3. The lowest BCUT2D eigenvalue weighted by Crippen LogP contribution is -2.69. The SMILES string of the molecule is C[C@H]1[C@@H]2[C@H]3CC[C@@H]4[C@@]5(C)CC[C@H](O)C(C)(C)[C@@H]5CC[C@@]4(C)[C@]3(C)CC[C@@]2(C)[C@@H](O)[C@H]2O[C@]21C. The van der Waals surface area contributed by atoms with Crippen LogP contribution in [0.3, 0.4) is 0 Å². The molecule has 2 N–H and O–H groups in total. The maximum absolute atomic E-state index is 11.5. The highest BCUT2D eigenvalue weighted by Crippen LogP contribution is 2.78. The number of hydrogen-bond donors (Lipinski definition) is 2. The van der Waals surface area contributed by atoms with E-state index in [1.807, 2.05) is 0 Å². The summed E-state index contributed by atoms with van der Waals surface area (Å²) < 4.78 is 6.24. The second-order valence-electron chi connectivity index (χ2n) is 15.5. The smallest absolute Gasteiger partial charge is 0.114 e. The van der Waals surface area contributed by atoms with E-state index in [1.165, 1.54) is 38.5 Å². The van der Waals surface area contributed by atoms with Gasteiger partial charge >= 0.3 is 0 Å². The molecule has 0 aromatic carbocycles. The quantitative estimate of drug-likeness (QED) is 0.425. The third-order valence-corrected chi connectivity index (χ3v) is 14.6. The van der Waals surface area contributed by atoms with Crippen LogP contribution in [0.4, 0.5) is 0 Å². The highest BCUT2D eigenvalue weighted by Gasteiger charge is 2.76. The Labute approximate surface area is 202 Å². The van der Waals surface area contributed by atoms with Gasteiger partial charge in [-0.1, -0.05) is 48.5 Å². The summed E-state index contributed by atoms with van der Waals surface area (Å²) in [6, 6.07) is 0. The van der Waals surface area contributed by atoms with Crippen LogP contribution >= 0.6 is 0 Å². The van der Waals surface area contributed by atoms with Gasteiger partial charge in [0.2, 0.25) is 0 Å². The van der Waals surface area contributed by atoms with Gasteiger partial charge in [0.05, 0.1) is 17.8 Å². The van der Waals surface area contributed by atoms with Crippen LogP contribution < -0.4 is 0 Å². The number of fused-ring (bicyclic) bond motifs is 8. The van der Waals surface area contributed by atoms with Crippen LogP contribution in [-0.4, -0.2) is 34.1 Å². The lowest BCUT2D eigenvalue weighted by Gasteiger charge is -2.74. The average Bonchev–Trinajstić information content (AvgIpc) is 3.44. The third kappa shape index (κ3) is 2.45. The third-order valence-electron chi connectivity index (χ3n) is 14.6. The summed E-state index contributed by atoms with van der Waals surface area (Å²) in [4.78, 5) is 0. The molecule has 0 amide bonds. The molecule has 0 unspecified atom stereocenters. The second kappa shape index (κ2) is 6.41. The molecule has 1 aliphatic heterocycles. The maximum atomic E-state index is 11.5. The minimum absolute atomic E-state index is 0.00842. The summed E-state index contributed by atoms with van der Waals surface area (Å²) in [5.41, 5.74) is 0.886. The molecule has 6 rings (SSSR count). The van der Waals surface area contributed by atoms with Crippen molar-refractivity contribution in [3.63, 3.8) is 0 Å². The Morgan fingerprint density at radius 1 is 0.697 bits per heavy atom. The van der Waals surface area contributed by atoms with Crippen molar-refractivity contribution in [2.24, 2.45) is 56.7 Å². The van der Waals surface area contributed by atoms with Gasteiger partial charge in [0, 0.05) is 0 Å². The number of rotatable bonds is 0. The normalized spacial score (nSPS) is 65.6. The summed E-state index contributed by atoms with van der Waals surface area (Å²) in [6.07, 6.45) is 9.32. The molecule has 3 nitrogen and oxygen atoms in total. The van der Waals surface area contributed by atoms with E-state index in [2.05, 4.69) is 55.4 Å². The van der Waals surface area contributed by atoms with E-state index >= 15 is 0 Å². The molecule has 33 heavy (non-hydrogen) atoms. The summed E-state index contributed by atoms with van der Waals surface area (Å²) >= 11 is 0. The number of aliphatic hydroxyl groups is 2. The molecule has 1 saturated heterocycles. The minimum atomic E-state index is -0.312. The molecule has 0 spiro atoms. The summed E-state index contributed by atoms with van der Waals surface area (Å²) in [6.45, 7) is 19.8. The average molecular weight is 459 g/mol. The first-order valence-corrected chi connectivity index (χ1v) is 14.2. The lowest BCUT2D eigenvalue weighted by atomic mass is 9.31. The highest BCUT2D eigenvalue weighted by molar-refractivity contribution is 5.24. The van der Waals surface area contributed by atoms with E-state index in [0.29, 0.717) is 39.9 Å². The van der Waals surface area contributed by atoms with Gasteiger partial charge in [-0.3, -0.25) is 0 Å². The van der Waals surface area contributed by atoms with Gasteiger partial charge in [0.15, 0.2) is 0 Å². The van der Waals surface area contributed by atoms with Gasteiger partial charge in [0.1, 0.15) is 6.10 Å². The Hall–Kier alpha value is -0.120. The van der Waals surface area contributed by atoms with E-state index in [9.17, 15) is 10.2 Å². The largest absolute Gasteiger partial charge is 0.393 e. The minimum Gasteiger partial charge on any atom is -0.393 e. The number of epoxide rings is 1. The molecule has 13 atom stereocenters. The van der Waals surface area contributed by atoms with Crippen LogP contribution in [0.25, 0.3) is 0 Å². The van der Waals surface area contributed by atoms with Gasteiger partial charge in [-0.2, -0.15) is 0 Å². The van der Waals surface area contributed by atoms with Crippen molar-refractivity contribution in [2.45, 2.75) is 131 Å². The zero-order chi connectivity index (χ0) is 24.0. The molecule has 6 fully saturated rings. The second-order valence-corrected chi connectivity index (χ2v) is 15.5. The standard InChI is InChI=1S/C30H50O3/c1-17-22-18-9-10-20-26(4)13-12-21(31)25(2,3)19(26)11-14-29(20,7)28(18,6)16-15-27(22,5)23(32)24-30(17,8)33-24/h17-24,31-32H,9-16H2,1-8H3/t17-,18+,19-,20+,21-,22+,23-,24+,26-,27+,28+,29+,30-/m0/s1. The fourth-order valence-electron chi connectivity index (χ4n) is 12.1. The Morgan fingerprint density at radius 3 is 2.09 bits per heavy atom. The molecule has 6 aliphatic rings. The van der Waals surface area contributed by atoms with Crippen LogP contribution in [0.15, 0.2) is 0 Å². The highest BCUT2D eigenvalue weighted by atomic mass is 16.6. The van der Waals surface area contributed by atoms with Crippen molar-refractivity contribution in [1.82, 2.24) is 0 Å². The zero-order valence-corrected chi connectivity index (χ0v) is 22.6. The van der Waals surface area contributed by atoms with E-state index in [0.717, 1.165) is 18.8 Å². The van der Waals surface area contributed by atoms with E-state index < -0.39 is 0 Å². The molecule has 3 heteroatoms. The molecule has 0 aromatic heterocycles. The van der Waals surface area contributed by atoms with Crippen molar-refractivity contribution in [1.29, 1.82) is 0 Å². The Bertz CT molecular complexity index is 853. The monoisotopic (exact) mass is 458 g/mol. The molecule has 188 valence electrons. The summed E-state index contributed by atoms with van der Waals surface area (Å²) in [5.74, 6) is 3.09. The summed E-state index contributed by atoms with van der Waals surface area (Å²) in [7, 11) is 0. The molecule has 5 aliphatic carbocycles. The first-order chi connectivity index (χ1) is 15.2. The van der Waals surface area contributed by atoms with E-state index in [1.54, 1.807) is 0 Å².